The predicted molar refractivity (Wildman–Crippen MR) is 82.8 cm³/mol. The van der Waals surface area contributed by atoms with Gasteiger partial charge in [-0.15, -0.1) is 0 Å². The van der Waals surface area contributed by atoms with Gasteiger partial charge in [0.05, 0.1) is 11.2 Å². The van der Waals surface area contributed by atoms with Crippen molar-refractivity contribution in [3.8, 4) is 11.5 Å². The normalized spacial score (nSPS) is 10.6. The molecule has 0 aliphatic carbocycles. The number of aromatic nitrogens is 1. The second-order valence-corrected chi connectivity index (χ2v) is 5.18. The molecule has 2 rings (SSSR count). The van der Waals surface area contributed by atoms with Gasteiger partial charge in [0.1, 0.15) is 11.5 Å². The first-order chi connectivity index (χ1) is 9.70. The third-order valence-electron chi connectivity index (χ3n) is 2.71. The summed E-state index contributed by atoms with van der Waals surface area (Å²) in [5.74, 6) is 1.31. The highest BCUT2D eigenvalue weighted by Crippen LogP contribution is 2.30. The summed E-state index contributed by atoms with van der Waals surface area (Å²) in [5, 5.41) is 4.54. The summed E-state index contributed by atoms with van der Waals surface area (Å²) in [6.45, 7) is 3.72. The van der Waals surface area contributed by atoms with Crippen molar-refractivity contribution in [2.75, 3.05) is 6.54 Å². The lowest BCUT2D eigenvalue weighted by Gasteiger charge is -2.13. The Morgan fingerprint density at radius 2 is 2.10 bits per heavy atom. The molecule has 0 fully saturated rings. The van der Waals surface area contributed by atoms with Crippen LogP contribution in [0.5, 0.6) is 11.5 Å². The zero-order chi connectivity index (χ0) is 14.4. The molecule has 1 N–H and O–H groups in total. The van der Waals surface area contributed by atoms with Crippen molar-refractivity contribution in [3.63, 3.8) is 0 Å². The summed E-state index contributed by atoms with van der Waals surface area (Å²) < 4.78 is 5.83. The fourth-order valence-electron chi connectivity index (χ4n) is 1.77. The highest BCUT2D eigenvalue weighted by atomic mass is 35.5. The van der Waals surface area contributed by atoms with Crippen LogP contribution >= 0.6 is 23.2 Å². The smallest absolute Gasteiger partial charge is 0.147 e. The second kappa shape index (κ2) is 7.48. The Morgan fingerprint density at radius 1 is 1.25 bits per heavy atom. The Hall–Kier alpha value is -1.29. The first kappa shape index (κ1) is 15.1. The molecule has 0 aliphatic rings. The lowest BCUT2D eigenvalue weighted by molar-refractivity contribution is 0.470. The van der Waals surface area contributed by atoms with Gasteiger partial charge in [-0.05, 0) is 25.1 Å². The molecule has 0 radical (unpaired) electrons. The number of hydrogen-bond donors (Lipinski definition) is 1. The quantitative estimate of drug-likeness (QED) is 0.787. The number of nitrogens with zero attached hydrogens (tertiary/aromatic N) is 1. The van der Waals surface area contributed by atoms with E-state index in [1.54, 1.807) is 18.5 Å². The molecule has 0 unspecified atom stereocenters. The third kappa shape index (κ3) is 4.10. The number of benzene rings is 1. The third-order valence-corrected chi connectivity index (χ3v) is 3.27. The van der Waals surface area contributed by atoms with Crippen molar-refractivity contribution in [1.29, 1.82) is 0 Å². The van der Waals surface area contributed by atoms with Gasteiger partial charge in [0.2, 0.25) is 0 Å². The monoisotopic (exact) mass is 310 g/mol. The molecule has 5 heteroatoms. The molecule has 0 bridgehead atoms. The van der Waals surface area contributed by atoms with Gasteiger partial charge >= 0.3 is 0 Å². The van der Waals surface area contributed by atoms with Gasteiger partial charge in [-0.3, -0.25) is 4.98 Å². The Bertz CT molecular complexity index is 576. The molecule has 20 heavy (non-hydrogen) atoms. The van der Waals surface area contributed by atoms with E-state index in [9.17, 15) is 0 Å². The molecule has 0 aliphatic heterocycles. The molecule has 3 nitrogen and oxygen atoms in total. The first-order valence-electron chi connectivity index (χ1n) is 6.47. The van der Waals surface area contributed by atoms with E-state index in [4.69, 9.17) is 27.9 Å². The zero-order valence-electron chi connectivity index (χ0n) is 11.2. The van der Waals surface area contributed by atoms with E-state index in [2.05, 4.69) is 17.2 Å². The minimum atomic E-state index is 0.537. The van der Waals surface area contributed by atoms with E-state index in [0.29, 0.717) is 28.1 Å². The van der Waals surface area contributed by atoms with E-state index in [1.165, 1.54) is 0 Å². The van der Waals surface area contributed by atoms with Crippen LogP contribution in [0.1, 0.15) is 18.9 Å². The fourth-order valence-corrected chi connectivity index (χ4v) is 2.17. The second-order valence-electron chi connectivity index (χ2n) is 4.33. The standard InChI is InChI=1S/C15H16Cl2N2O/c1-2-6-18-10-13-14(17)4-3-5-15(13)20-12-7-11(16)8-19-9-12/h3-5,7-9,18H,2,6,10H2,1H3. The van der Waals surface area contributed by atoms with Crippen LogP contribution in [-0.4, -0.2) is 11.5 Å². The molecule has 0 saturated heterocycles. The van der Waals surface area contributed by atoms with E-state index < -0.39 is 0 Å². The molecule has 1 aromatic heterocycles. The van der Waals surface area contributed by atoms with Crippen LogP contribution in [-0.2, 0) is 6.54 Å². The number of pyridine rings is 1. The van der Waals surface area contributed by atoms with Crippen molar-refractivity contribution in [1.82, 2.24) is 10.3 Å². The van der Waals surface area contributed by atoms with Gasteiger partial charge in [0, 0.05) is 29.4 Å². The molecule has 0 saturated carbocycles. The van der Waals surface area contributed by atoms with Crippen LogP contribution in [0.4, 0.5) is 0 Å². The summed E-state index contributed by atoms with van der Waals surface area (Å²) in [4.78, 5) is 4.00. The topological polar surface area (TPSA) is 34.1 Å². The van der Waals surface area contributed by atoms with Gasteiger partial charge in [-0.2, -0.15) is 0 Å². The molecule has 0 atom stereocenters. The molecular formula is C15H16Cl2N2O. The van der Waals surface area contributed by atoms with E-state index in [1.807, 2.05) is 18.2 Å². The van der Waals surface area contributed by atoms with Gasteiger partial charge in [0.25, 0.3) is 0 Å². The zero-order valence-corrected chi connectivity index (χ0v) is 12.7. The summed E-state index contributed by atoms with van der Waals surface area (Å²) >= 11 is 12.1. The molecular weight excluding hydrogens is 295 g/mol. The summed E-state index contributed by atoms with van der Waals surface area (Å²) in [5.41, 5.74) is 0.933. The van der Waals surface area contributed by atoms with Gasteiger partial charge in [-0.1, -0.05) is 36.2 Å². The predicted octanol–water partition coefficient (Wildman–Crippen LogP) is 4.68. The van der Waals surface area contributed by atoms with E-state index >= 15 is 0 Å². The molecule has 1 heterocycles. The minimum Gasteiger partial charge on any atom is -0.455 e. The van der Waals surface area contributed by atoms with Gasteiger partial charge < -0.3 is 10.1 Å². The van der Waals surface area contributed by atoms with Crippen LogP contribution in [0, 0.1) is 0 Å². The first-order valence-corrected chi connectivity index (χ1v) is 7.23. The van der Waals surface area contributed by atoms with Crippen molar-refractivity contribution in [2.45, 2.75) is 19.9 Å². The minimum absolute atomic E-state index is 0.537. The molecule has 1 aromatic carbocycles. The Balaban J connectivity index is 2.20. The maximum atomic E-state index is 6.24. The maximum Gasteiger partial charge on any atom is 0.147 e. The Labute approximate surface area is 128 Å². The average molecular weight is 311 g/mol. The summed E-state index contributed by atoms with van der Waals surface area (Å²) in [6, 6.07) is 7.32. The number of rotatable bonds is 6. The van der Waals surface area contributed by atoms with Crippen molar-refractivity contribution < 1.29 is 4.74 Å². The number of hydrogen-bond acceptors (Lipinski definition) is 3. The number of nitrogens with one attached hydrogen (secondary N) is 1. The largest absolute Gasteiger partial charge is 0.455 e. The fraction of sp³-hybridized carbons (Fsp3) is 0.267. The van der Waals surface area contributed by atoms with Crippen LogP contribution in [0.15, 0.2) is 36.7 Å². The average Bonchev–Trinajstić information content (AvgIpc) is 2.42. The lowest BCUT2D eigenvalue weighted by atomic mass is 10.2. The van der Waals surface area contributed by atoms with Crippen LogP contribution < -0.4 is 10.1 Å². The Morgan fingerprint density at radius 3 is 2.85 bits per heavy atom. The van der Waals surface area contributed by atoms with E-state index in [0.717, 1.165) is 18.5 Å². The highest BCUT2D eigenvalue weighted by Gasteiger charge is 2.09. The molecule has 2 aromatic rings. The highest BCUT2D eigenvalue weighted by molar-refractivity contribution is 6.31. The summed E-state index contributed by atoms with van der Waals surface area (Å²) in [6.07, 6.45) is 4.25. The SMILES string of the molecule is CCCNCc1c(Cl)cccc1Oc1cncc(Cl)c1. The lowest BCUT2D eigenvalue weighted by Crippen LogP contribution is -2.14. The maximum absolute atomic E-state index is 6.24. The number of ether oxygens (including phenoxy) is 1. The molecule has 0 spiro atoms. The van der Waals surface area contributed by atoms with Crippen molar-refractivity contribution in [2.24, 2.45) is 0 Å². The summed E-state index contributed by atoms with van der Waals surface area (Å²) in [7, 11) is 0. The van der Waals surface area contributed by atoms with Crippen LogP contribution in [0.2, 0.25) is 10.0 Å². The number of halogens is 2. The Kier molecular flexibility index (Phi) is 5.65. The van der Waals surface area contributed by atoms with Crippen molar-refractivity contribution >= 4 is 23.2 Å². The van der Waals surface area contributed by atoms with Gasteiger partial charge in [0.15, 0.2) is 0 Å². The van der Waals surface area contributed by atoms with E-state index in [-0.39, 0.29) is 0 Å². The van der Waals surface area contributed by atoms with Gasteiger partial charge in [-0.25, -0.2) is 0 Å². The van der Waals surface area contributed by atoms with Crippen LogP contribution in [0.3, 0.4) is 0 Å². The van der Waals surface area contributed by atoms with Crippen LogP contribution in [0.25, 0.3) is 0 Å². The molecule has 0 amide bonds. The molecule has 106 valence electrons. The van der Waals surface area contributed by atoms with Crippen molar-refractivity contribution in [3.05, 3.63) is 52.3 Å².